The van der Waals surface area contributed by atoms with Crippen molar-refractivity contribution in [2.24, 2.45) is 0 Å². The first-order valence-corrected chi connectivity index (χ1v) is 5.68. The quantitative estimate of drug-likeness (QED) is 0.691. The van der Waals surface area contributed by atoms with E-state index in [-0.39, 0.29) is 25.7 Å². The maximum absolute atomic E-state index is 11.5. The summed E-state index contributed by atoms with van der Waals surface area (Å²) in [5.74, 6) is 0.556. The second-order valence-electron chi connectivity index (χ2n) is 4.14. The second kappa shape index (κ2) is 5.24. The molecule has 0 saturated heterocycles. The van der Waals surface area contributed by atoms with Crippen molar-refractivity contribution >= 4 is 17.3 Å². The minimum absolute atomic E-state index is 0.0551. The van der Waals surface area contributed by atoms with E-state index in [4.69, 9.17) is 9.84 Å². The van der Waals surface area contributed by atoms with Gasteiger partial charge < -0.3 is 25.2 Å². The lowest BCUT2D eigenvalue weighted by Gasteiger charge is -2.26. The number of hydrogen-bond acceptors (Lipinski definition) is 5. The molecule has 1 aromatic rings. The average molecular weight is 252 g/mol. The van der Waals surface area contributed by atoms with Gasteiger partial charge in [-0.05, 0) is 18.2 Å². The van der Waals surface area contributed by atoms with E-state index >= 15 is 0 Å². The number of benzene rings is 1. The summed E-state index contributed by atoms with van der Waals surface area (Å²) in [5.41, 5.74) is 1.45. The van der Waals surface area contributed by atoms with E-state index in [9.17, 15) is 9.90 Å². The Morgan fingerprint density at radius 3 is 3.06 bits per heavy atom. The average Bonchev–Trinajstić information content (AvgIpc) is 2.40. The molecule has 0 aromatic heterocycles. The van der Waals surface area contributed by atoms with Gasteiger partial charge in [-0.2, -0.15) is 0 Å². The highest BCUT2D eigenvalue weighted by Crippen LogP contribution is 2.33. The highest BCUT2D eigenvalue weighted by atomic mass is 16.5. The van der Waals surface area contributed by atoms with Crippen LogP contribution in [0.2, 0.25) is 0 Å². The van der Waals surface area contributed by atoms with Crippen molar-refractivity contribution in [3.8, 4) is 5.75 Å². The Bertz CT molecular complexity index is 450. The minimum atomic E-state index is -0.809. The predicted octanol–water partition coefficient (Wildman–Crippen LogP) is -0.193. The third kappa shape index (κ3) is 2.55. The van der Waals surface area contributed by atoms with Crippen LogP contribution < -0.4 is 15.0 Å². The van der Waals surface area contributed by atoms with Crippen molar-refractivity contribution < 1.29 is 19.7 Å². The minimum Gasteiger partial charge on any atom is -0.482 e. The molecule has 98 valence electrons. The van der Waals surface area contributed by atoms with Crippen LogP contribution in [0.15, 0.2) is 18.2 Å². The van der Waals surface area contributed by atoms with Crippen molar-refractivity contribution in [1.29, 1.82) is 0 Å². The van der Waals surface area contributed by atoms with Crippen LogP contribution in [-0.2, 0) is 4.79 Å². The van der Waals surface area contributed by atoms with Crippen molar-refractivity contribution in [2.45, 2.75) is 6.10 Å². The maximum atomic E-state index is 11.5. The SMILES string of the molecule is CN1C(=O)COc2ccc(NCC(O)CO)cc21. The molecule has 0 radical (unpaired) electrons. The fraction of sp³-hybridized carbons (Fsp3) is 0.417. The lowest BCUT2D eigenvalue weighted by Crippen LogP contribution is -2.35. The first-order valence-electron chi connectivity index (χ1n) is 5.68. The largest absolute Gasteiger partial charge is 0.482 e. The standard InChI is InChI=1S/C12H16N2O4/c1-14-10-4-8(13-5-9(16)6-15)2-3-11(10)18-7-12(14)17/h2-4,9,13,15-16H,5-7H2,1H3. The van der Waals surface area contributed by atoms with Crippen LogP contribution in [0.4, 0.5) is 11.4 Å². The number of carbonyl (C=O) groups is 1. The number of fused-ring (bicyclic) bond motifs is 1. The first-order chi connectivity index (χ1) is 8.61. The van der Waals surface area contributed by atoms with Gasteiger partial charge in [0.2, 0.25) is 0 Å². The Labute approximate surface area is 105 Å². The van der Waals surface area contributed by atoms with Gasteiger partial charge in [0.1, 0.15) is 5.75 Å². The molecule has 18 heavy (non-hydrogen) atoms. The van der Waals surface area contributed by atoms with Crippen LogP contribution in [0.5, 0.6) is 5.75 Å². The van der Waals surface area contributed by atoms with Gasteiger partial charge in [-0.1, -0.05) is 0 Å². The van der Waals surface area contributed by atoms with E-state index in [0.29, 0.717) is 11.4 Å². The molecule has 0 saturated carbocycles. The molecule has 3 N–H and O–H groups in total. The summed E-state index contributed by atoms with van der Waals surface area (Å²) < 4.78 is 5.30. The summed E-state index contributed by atoms with van der Waals surface area (Å²) in [4.78, 5) is 13.0. The van der Waals surface area contributed by atoms with Crippen LogP contribution >= 0.6 is 0 Å². The van der Waals surface area contributed by atoms with Gasteiger partial charge in [-0.25, -0.2) is 0 Å². The van der Waals surface area contributed by atoms with Gasteiger partial charge in [-0.15, -0.1) is 0 Å². The molecule has 6 heteroatoms. The summed E-state index contributed by atoms with van der Waals surface area (Å²) >= 11 is 0. The number of carbonyl (C=O) groups excluding carboxylic acids is 1. The zero-order chi connectivity index (χ0) is 13.1. The number of ether oxygens (including phenoxy) is 1. The summed E-state index contributed by atoms with van der Waals surface area (Å²) in [5, 5.41) is 20.9. The summed E-state index contributed by atoms with van der Waals surface area (Å²) in [7, 11) is 1.69. The number of nitrogens with one attached hydrogen (secondary N) is 1. The Kier molecular flexibility index (Phi) is 3.69. The predicted molar refractivity (Wildman–Crippen MR) is 66.9 cm³/mol. The van der Waals surface area contributed by atoms with Crippen LogP contribution in [-0.4, -0.2) is 49.0 Å². The molecule has 1 unspecified atom stereocenters. The van der Waals surface area contributed by atoms with Gasteiger partial charge in [0.25, 0.3) is 5.91 Å². The van der Waals surface area contributed by atoms with Gasteiger partial charge >= 0.3 is 0 Å². The van der Waals surface area contributed by atoms with Crippen molar-refractivity contribution in [3.63, 3.8) is 0 Å². The third-order valence-electron chi connectivity index (χ3n) is 2.80. The second-order valence-corrected chi connectivity index (χ2v) is 4.14. The number of hydrogen-bond donors (Lipinski definition) is 3. The number of nitrogens with zero attached hydrogens (tertiary/aromatic N) is 1. The monoisotopic (exact) mass is 252 g/mol. The number of aliphatic hydroxyl groups is 2. The van der Waals surface area contributed by atoms with E-state index in [1.807, 2.05) is 0 Å². The zero-order valence-corrected chi connectivity index (χ0v) is 10.1. The fourth-order valence-corrected chi connectivity index (χ4v) is 1.68. The zero-order valence-electron chi connectivity index (χ0n) is 10.1. The molecule has 1 amide bonds. The Hall–Kier alpha value is -1.79. The molecular formula is C12H16N2O4. The molecule has 2 rings (SSSR count). The van der Waals surface area contributed by atoms with Crippen molar-refractivity contribution in [2.75, 3.05) is 37.0 Å². The van der Waals surface area contributed by atoms with E-state index < -0.39 is 6.10 Å². The molecule has 1 heterocycles. The summed E-state index contributed by atoms with van der Waals surface area (Å²) in [6.45, 7) is 0.00669. The lowest BCUT2D eigenvalue weighted by molar-refractivity contribution is -0.120. The topological polar surface area (TPSA) is 82.0 Å². The van der Waals surface area contributed by atoms with Gasteiger partial charge in [0.15, 0.2) is 6.61 Å². The van der Waals surface area contributed by atoms with Crippen LogP contribution in [0, 0.1) is 0 Å². The van der Waals surface area contributed by atoms with Crippen LogP contribution in [0.25, 0.3) is 0 Å². The lowest BCUT2D eigenvalue weighted by atomic mass is 10.2. The molecular weight excluding hydrogens is 236 g/mol. The van der Waals surface area contributed by atoms with Crippen molar-refractivity contribution in [1.82, 2.24) is 0 Å². The summed E-state index contributed by atoms with van der Waals surface area (Å²) in [6, 6.07) is 5.34. The number of amides is 1. The molecule has 0 spiro atoms. The molecule has 6 nitrogen and oxygen atoms in total. The van der Waals surface area contributed by atoms with Gasteiger partial charge in [0, 0.05) is 19.3 Å². The van der Waals surface area contributed by atoms with Gasteiger partial charge in [0.05, 0.1) is 18.4 Å². The molecule has 0 bridgehead atoms. The van der Waals surface area contributed by atoms with Crippen molar-refractivity contribution in [3.05, 3.63) is 18.2 Å². The van der Waals surface area contributed by atoms with E-state index in [2.05, 4.69) is 5.32 Å². The highest BCUT2D eigenvalue weighted by molar-refractivity contribution is 5.97. The molecule has 1 aliphatic heterocycles. The number of rotatable bonds is 4. The van der Waals surface area contributed by atoms with E-state index in [1.165, 1.54) is 4.90 Å². The molecule has 1 aromatic carbocycles. The smallest absolute Gasteiger partial charge is 0.264 e. The number of anilines is 2. The van der Waals surface area contributed by atoms with E-state index in [0.717, 1.165) is 5.69 Å². The highest BCUT2D eigenvalue weighted by Gasteiger charge is 2.22. The van der Waals surface area contributed by atoms with Gasteiger partial charge in [-0.3, -0.25) is 4.79 Å². The van der Waals surface area contributed by atoms with Crippen LogP contribution in [0.1, 0.15) is 0 Å². The molecule has 1 atom stereocenters. The number of aliphatic hydroxyl groups excluding tert-OH is 2. The number of likely N-dealkylation sites (N-methyl/N-ethyl adjacent to an activating group) is 1. The maximum Gasteiger partial charge on any atom is 0.264 e. The first kappa shape index (κ1) is 12.7. The molecule has 0 fully saturated rings. The summed E-state index contributed by atoms with van der Waals surface area (Å²) in [6.07, 6.45) is -0.809. The Morgan fingerprint density at radius 2 is 2.33 bits per heavy atom. The molecule has 0 aliphatic carbocycles. The Morgan fingerprint density at radius 1 is 1.56 bits per heavy atom. The third-order valence-corrected chi connectivity index (χ3v) is 2.80. The van der Waals surface area contributed by atoms with E-state index in [1.54, 1.807) is 25.2 Å². The van der Waals surface area contributed by atoms with Crippen LogP contribution in [0.3, 0.4) is 0 Å². The normalized spacial score (nSPS) is 15.9. The fourth-order valence-electron chi connectivity index (χ4n) is 1.68. The Balaban J connectivity index is 2.13. The molecule has 1 aliphatic rings.